The summed E-state index contributed by atoms with van der Waals surface area (Å²) in [4.78, 5) is 49.7. The van der Waals surface area contributed by atoms with Gasteiger partial charge in [-0.25, -0.2) is 9.69 Å². The molecule has 0 radical (unpaired) electrons. The molecule has 0 unspecified atom stereocenters. The van der Waals surface area contributed by atoms with Crippen molar-refractivity contribution in [1.82, 2.24) is 5.32 Å². The van der Waals surface area contributed by atoms with Gasteiger partial charge in [0.1, 0.15) is 17.1 Å². The van der Waals surface area contributed by atoms with Gasteiger partial charge in [0, 0.05) is 12.1 Å². The number of nitro benzene ring substituents is 1. The number of rotatable bonds is 8. The molecule has 1 aliphatic heterocycles. The molecule has 2 aromatic rings. The van der Waals surface area contributed by atoms with Gasteiger partial charge in [-0.3, -0.25) is 25.0 Å². The maximum atomic E-state index is 13.2. The number of amides is 4. The zero-order valence-electron chi connectivity index (χ0n) is 18.1. The lowest BCUT2D eigenvalue weighted by Gasteiger charge is -2.28. The third-order valence-electron chi connectivity index (χ3n) is 4.59. The number of hydrogen-bond donors (Lipinski definition) is 1. The summed E-state index contributed by atoms with van der Waals surface area (Å²) >= 11 is 0. The Hall–Kier alpha value is -4.41. The Morgan fingerprint density at radius 1 is 1.03 bits per heavy atom. The number of urea groups is 1. The molecule has 1 N–H and O–H groups in total. The molecule has 4 amide bonds. The van der Waals surface area contributed by atoms with Gasteiger partial charge in [-0.1, -0.05) is 6.07 Å². The monoisotopic (exact) mass is 455 g/mol. The lowest BCUT2D eigenvalue weighted by Crippen LogP contribution is -2.54. The number of ether oxygens (including phenoxy) is 3. The summed E-state index contributed by atoms with van der Waals surface area (Å²) in [6, 6.07) is 7.63. The summed E-state index contributed by atoms with van der Waals surface area (Å²) in [6.07, 6.45) is 1.16. The van der Waals surface area contributed by atoms with E-state index in [9.17, 15) is 24.5 Å². The molecule has 11 nitrogen and oxygen atoms in total. The first kappa shape index (κ1) is 23.3. The first-order valence-corrected chi connectivity index (χ1v) is 9.94. The molecule has 2 aromatic carbocycles. The van der Waals surface area contributed by atoms with Crippen LogP contribution in [-0.4, -0.2) is 43.1 Å². The van der Waals surface area contributed by atoms with Gasteiger partial charge in [0.25, 0.3) is 11.8 Å². The fourth-order valence-electron chi connectivity index (χ4n) is 3.19. The third kappa shape index (κ3) is 4.76. The third-order valence-corrected chi connectivity index (χ3v) is 4.59. The number of barbiturate groups is 1. The molecule has 0 atom stereocenters. The van der Waals surface area contributed by atoms with E-state index in [1.165, 1.54) is 25.3 Å². The summed E-state index contributed by atoms with van der Waals surface area (Å²) in [5.74, 6) is -1.20. The molecule has 0 saturated carbocycles. The smallest absolute Gasteiger partial charge is 0.336 e. The van der Waals surface area contributed by atoms with E-state index in [2.05, 4.69) is 5.32 Å². The van der Waals surface area contributed by atoms with E-state index in [1.807, 2.05) is 0 Å². The Bertz CT molecular complexity index is 1160. The van der Waals surface area contributed by atoms with E-state index in [0.29, 0.717) is 12.4 Å². The van der Waals surface area contributed by atoms with Crippen LogP contribution in [0.15, 0.2) is 42.0 Å². The standard InChI is InChI=1S/C22H21N3O8/c1-4-32-14-7-9-19(33-5-2)16(12-14)24-21(27)15(20(26)23-22(24)28)10-13-6-8-18(31-3)17(11-13)25(29)30/h6-12H,4-5H2,1-3H3,(H,23,26,28)/b15-10+. The highest BCUT2D eigenvalue weighted by Gasteiger charge is 2.38. The van der Waals surface area contributed by atoms with Crippen LogP contribution < -0.4 is 24.4 Å². The van der Waals surface area contributed by atoms with Gasteiger partial charge in [-0.2, -0.15) is 0 Å². The lowest BCUT2D eigenvalue weighted by molar-refractivity contribution is -0.385. The van der Waals surface area contributed by atoms with E-state index in [4.69, 9.17) is 14.2 Å². The molecule has 0 aliphatic carbocycles. The molecule has 1 heterocycles. The number of benzene rings is 2. The van der Waals surface area contributed by atoms with Gasteiger partial charge in [0.15, 0.2) is 5.75 Å². The van der Waals surface area contributed by atoms with E-state index >= 15 is 0 Å². The number of hydrogen-bond acceptors (Lipinski definition) is 8. The summed E-state index contributed by atoms with van der Waals surface area (Å²) in [5.41, 5.74) is -0.447. The number of nitrogens with one attached hydrogen (secondary N) is 1. The van der Waals surface area contributed by atoms with Gasteiger partial charge in [0.2, 0.25) is 0 Å². The van der Waals surface area contributed by atoms with E-state index in [1.54, 1.807) is 26.0 Å². The molecule has 1 saturated heterocycles. The number of nitro groups is 1. The first-order valence-electron chi connectivity index (χ1n) is 9.94. The minimum Gasteiger partial charge on any atom is -0.494 e. The Morgan fingerprint density at radius 3 is 2.36 bits per heavy atom. The van der Waals surface area contributed by atoms with E-state index in [-0.39, 0.29) is 35.0 Å². The molecule has 172 valence electrons. The number of carbonyl (C=O) groups excluding carboxylic acids is 3. The summed E-state index contributed by atoms with van der Waals surface area (Å²) in [7, 11) is 1.29. The Kier molecular flexibility index (Phi) is 6.91. The van der Waals surface area contributed by atoms with Crippen molar-refractivity contribution in [2.45, 2.75) is 13.8 Å². The largest absolute Gasteiger partial charge is 0.494 e. The van der Waals surface area contributed by atoms with Crippen molar-refractivity contribution in [2.24, 2.45) is 0 Å². The predicted octanol–water partition coefficient (Wildman–Crippen LogP) is 3.07. The lowest BCUT2D eigenvalue weighted by atomic mass is 10.1. The SMILES string of the molecule is CCOc1ccc(OCC)c(N2C(=O)NC(=O)/C(=C\c3ccc(OC)c([N+](=O)[O-])c3)C2=O)c1. The number of nitrogens with zero attached hydrogens (tertiary/aromatic N) is 2. The van der Waals surface area contributed by atoms with Gasteiger partial charge in [-0.15, -0.1) is 0 Å². The number of anilines is 1. The van der Waals surface area contributed by atoms with Crippen LogP contribution in [0.3, 0.4) is 0 Å². The number of methoxy groups -OCH3 is 1. The highest BCUT2D eigenvalue weighted by molar-refractivity contribution is 6.39. The first-order chi connectivity index (χ1) is 15.8. The fraction of sp³-hybridized carbons (Fsp3) is 0.227. The number of imide groups is 2. The molecule has 0 bridgehead atoms. The number of carbonyl (C=O) groups is 3. The summed E-state index contributed by atoms with van der Waals surface area (Å²) < 4.78 is 16.0. The van der Waals surface area contributed by atoms with Crippen molar-refractivity contribution < 1.29 is 33.5 Å². The van der Waals surface area contributed by atoms with Crippen LogP contribution in [-0.2, 0) is 9.59 Å². The van der Waals surface area contributed by atoms with Gasteiger partial charge in [-0.05, 0) is 43.7 Å². The van der Waals surface area contributed by atoms with E-state index < -0.39 is 28.3 Å². The topological polar surface area (TPSA) is 137 Å². The zero-order chi connectivity index (χ0) is 24.1. The van der Waals surface area contributed by atoms with Crippen molar-refractivity contribution in [3.05, 3.63) is 57.6 Å². The maximum absolute atomic E-state index is 13.2. The normalized spacial score (nSPS) is 14.8. The van der Waals surface area contributed by atoms with Gasteiger partial charge >= 0.3 is 11.7 Å². The average molecular weight is 455 g/mol. The van der Waals surface area contributed by atoms with Crippen molar-refractivity contribution in [2.75, 3.05) is 25.2 Å². The molecule has 0 aromatic heterocycles. The van der Waals surface area contributed by atoms with Crippen molar-refractivity contribution >= 4 is 35.3 Å². The average Bonchev–Trinajstić information content (AvgIpc) is 2.78. The molecule has 11 heteroatoms. The molecule has 33 heavy (non-hydrogen) atoms. The predicted molar refractivity (Wildman–Crippen MR) is 117 cm³/mol. The molecule has 1 fully saturated rings. The van der Waals surface area contributed by atoms with Crippen LogP contribution in [0.4, 0.5) is 16.2 Å². The van der Waals surface area contributed by atoms with Gasteiger partial charge < -0.3 is 14.2 Å². The second-order valence-corrected chi connectivity index (χ2v) is 6.64. The van der Waals surface area contributed by atoms with Crippen LogP contribution in [0.25, 0.3) is 6.08 Å². The Morgan fingerprint density at radius 2 is 1.73 bits per heavy atom. The molecule has 1 aliphatic rings. The maximum Gasteiger partial charge on any atom is 0.336 e. The van der Waals surface area contributed by atoms with Crippen LogP contribution in [0.2, 0.25) is 0 Å². The Balaban J connectivity index is 2.08. The fourth-order valence-corrected chi connectivity index (χ4v) is 3.19. The highest BCUT2D eigenvalue weighted by Crippen LogP contribution is 2.35. The van der Waals surface area contributed by atoms with Crippen molar-refractivity contribution in [3.8, 4) is 17.2 Å². The molecule has 0 spiro atoms. The van der Waals surface area contributed by atoms with Crippen molar-refractivity contribution in [1.29, 1.82) is 0 Å². The summed E-state index contributed by atoms with van der Waals surface area (Å²) in [6.45, 7) is 4.14. The molecular weight excluding hydrogens is 434 g/mol. The second-order valence-electron chi connectivity index (χ2n) is 6.64. The van der Waals surface area contributed by atoms with Crippen LogP contribution in [0, 0.1) is 10.1 Å². The highest BCUT2D eigenvalue weighted by atomic mass is 16.6. The quantitative estimate of drug-likeness (QED) is 0.277. The van der Waals surface area contributed by atoms with Gasteiger partial charge in [0.05, 0.1) is 30.9 Å². The Labute approximate surface area is 188 Å². The van der Waals surface area contributed by atoms with Crippen molar-refractivity contribution in [3.63, 3.8) is 0 Å². The van der Waals surface area contributed by atoms with Crippen LogP contribution in [0.5, 0.6) is 17.2 Å². The minimum absolute atomic E-state index is 0.0208. The molecular formula is C22H21N3O8. The van der Waals surface area contributed by atoms with Crippen LogP contribution >= 0.6 is 0 Å². The van der Waals surface area contributed by atoms with E-state index in [0.717, 1.165) is 17.0 Å². The van der Waals surface area contributed by atoms with Crippen LogP contribution in [0.1, 0.15) is 19.4 Å². The molecule has 3 rings (SSSR count). The zero-order valence-corrected chi connectivity index (χ0v) is 18.1. The second kappa shape index (κ2) is 9.81. The minimum atomic E-state index is -0.961. The summed E-state index contributed by atoms with van der Waals surface area (Å²) in [5, 5.41) is 13.4.